The van der Waals surface area contributed by atoms with Crippen LogP contribution in [-0.4, -0.2) is 59.7 Å². The summed E-state index contributed by atoms with van der Waals surface area (Å²) < 4.78 is 33.8. The Balaban J connectivity index is 1.29. The maximum absolute atomic E-state index is 12.3. The summed E-state index contributed by atoms with van der Waals surface area (Å²) >= 11 is 0. The molecule has 34 heavy (non-hydrogen) atoms. The molecule has 0 bridgehead atoms. The molecule has 2 aliphatic rings. The molecule has 0 saturated carbocycles. The Morgan fingerprint density at radius 3 is 2.68 bits per heavy atom. The first-order chi connectivity index (χ1) is 16.2. The lowest BCUT2D eigenvalue weighted by Crippen LogP contribution is -2.37. The number of ether oxygens (including phenoxy) is 1. The number of benzene rings is 1. The minimum Gasteiger partial charge on any atom is -0.452 e. The minimum atomic E-state index is -3.47. The first-order valence-electron chi connectivity index (χ1n) is 10.7. The molecule has 0 spiro atoms. The smallest absolute Gasteiger partial charge is 0.340 e. The van der Waals surface area contributed by atoms with Crippen molar-refractivity contribution in [3.05, 3.63) is 76.8 Å². The number of esters is 1. The highest BCUT2D eigenvalue weighted by atomic mass is 32.2. The number of amides is 1. The average Bonchev–Trinajstić information content (AvgIpc) is 3.07. The molecule has 1 amide bonds. The summed E-state index contributed by atoms with van der Waals surface area (Å²) in [5, 5.41) is 7.34. The van der Waals surface area contributed by atoms with E-state index in [4.69, 9.17) is 4.74 Å². The average molecular weight is 484 g/mol. The summed E-state index contributed by atoms with van der Waals surface area (Å²) in [5.74, 6) is -0.998. The third-order valence-electron chi connectivity index (χ3n) is 5.56. The van der Waals surface area contributed by atoms with Crippen molar-refractivity contribution in [1.29, 1.82) is 0 Å². The lowest BCUT2D eigenvalue weighted by atomic mass is 10.2. The molecule has 2 aromatic rings. The molecule has 3 heterocycles. The monoisotopic (exact) mass is 483 g/mol. The Labute approximate surface area is 197 Å². The molecule has 178 valence electrons. The lowest BCUT2D eigenvalue weighted by molar-refractivity contribution is -0.144. The van der Waals surface area contributed by atoms with Crippen LogP contribution >= 0.6 is 0 Å². The fourth-order valence-electron chi connectivity index (χ4n) is 3.67. The van der Waals surface area contributed by atoms with Gasteiger partial charge in [0.2, 0.25) is 0 Å². The van der Waals surface area contributed by atoms with Gasteiger partial charge in [0.05, 0.1) is 23.6 Å². The van der Waals surface area contributed by atoms with E-state index in [9.17, 15) is 18.0 Å². The van der Waals surface area contributed by atoms with Gasteiger partial charge in [-0.1, -0.05) is 30.3 Å². The lowest BCUT2D eigenvalue weighted by Gasteiger charge is -2.26. The first kappa shape index (κ1) is 23.4. The van der Waals surface area contributed by atoms with E-state index in [0.717, 1.165) is 22.5 Å². The standard InChI is InChI=1S/C23H25N5O5S/c1-16-20(17(2)28(25-16)13-18-6-4-3-5-7-18)12-24-22(29)15-33-23(30)19-8-9-21-26-34(31,32)11-10-27(21)14-19/h3-9,14H,10-13,15H2,1-2H3,(H,24,29). The molecule has 1 aromatic carbocycles. The molecule has 0 radical (unpaired) electrons. The van der Waals surface area contributed by atoms with Crippen LogP contribution in [0.1, 0.15) is 22.5 Å². The zero-order chi connectivity index (χ0) is 24.3. The van der Waals surface area contributed by atoms with Crippen molar-refractivity contribution in [1.82, 2.24) is 20.0 Å². The third-order valence-corrected chi connectivity index (χ3v) is 6.73. The quantitative estimate of drug-likeness (QED) is 0.587. The van der Waals surface area contributed by atoms with Crippen LogP contribution in [0.25, 0.3) is 0 Å². The Bertz CT molecular complexity index is 1310. The number of aromatic nitrogens is 2. The van der Waals surface area contributed by atoms with Crippen molar-refractivity contribution in [2.45, 2.75) is 26.9 Å². The largest absolute Gasteiger partial charge is 0.452 e. The summed E-state index contributed by atoms with van der Waals surface area (Å²) in [7, 11) is -3.47. The van der Waals surface area contributed by atoms with E-state index in [2.05, 4.69) is 14.8 Å². The van der Waals surface area contributed by atoms with Gasteiger partial charge in [-0.15, -0.1) is 4.40 Å². The Morgan fingerprint density at radius 1 is 1.15 bits per heavy atom. The van der Waals surface area contributed by atoms with E-state index in [1.54, 1.807) is 4.90 Å². The number of carbonyl (C=O) groups is 2. The number of nitrogens with zero attached hydrogens (tertiary/aromatic N) is 4. The topological polar surface area (TPSA) is 123 Å². The maximum Gasteiger partial charge on any atom is 0.340 e. The number of aryl methyl sites for hydroxylation is 1. The fraction of sp³-hybridized carbons (Fsp3) is 0.304. The minimum absolute atomic E-state index is 0.133. The number of carbonyl (C=O) groups excluding carboxylic acids is 2. The summed E-state index contributed by atoms with van der Waals surface area (Å²) in [5.41, 5.74) is 4.04. The van der Waals surface area contributed by atoms with Gasteiger partial charge in [-0.05, 0) is 31.6 Å². The SMILES string of the molecule is Cc1nn(Cc2ccccc2)c(C)c1CNC(=O)COC(=O)C1=CN2CCS(=O)(=O)N=C2C=C1. The van der Waals surface area contributed by atoms with Crippen LogP contribution in [0.4, 0.5) is 0 Å². The first-order valence-corrected chi connectivity index (χ1v) is 12.3. The van der Waals surface area contributed by atoms with E-state index in [1.165, 1.54) is 18.4 Å². The second-order valence-electron chi connectivity index (χ2n) is 7.99. The van der Waals surface area contributed by atoms with E-state index in [1.807, 2.05) is 48.9 Å². The highest BCUT2D eigenvalue weighted by molar-refractivity contribution is 7.90. The Hall–Kier alpha value is -3.73. The molecule has 0 saturated heterocycles. The van der Waals surface area contributed by atoms with Gasteiger partial charge in [0.15, 0.2) is 6.61 Å². The van der Waals surface area contributed by atoms with Crippen LogP contribution in [0.2, 0.25) is 0 Å². The fourth-order valence-corrected chi connectivity index (χ4v) is 4.64. The van der Waals surface area contributed by atoms with Crippen molar-refractivity contribution in [3.8, 4) is 0 Å². The van der Waals surface area contributed by atoms with Gasteiger partial charge in [-0.3, -0.25) is 9.48 Å². The summed E-state index contributed by atoms with van der Waals surface area (Å²) in [6, 6.07) is 9.98. The number of fused-ring (bicyclic) bond motifs is 1. The Morgan fingerprint density at radius 2 is 1.91 bits per heavy atom. The van der Waals surface area contributed by atoms with E-state index in [-0.39, 0.29) is 30.3 Å². The van der Waals surface area contributed by atoms with Crippen molar-refractivity contribution < 1.29 is 22.7 Å². The predicted molar refractivity (Wildman–Crippen MR) is 125 cm³/mol. The highest BCUT2D eigenvalue weighted by Crippen LogP contribution is 2.17. The summed E-state index contributed by atoms with van der Waals surface area (Å²) in [4.78, 5) is 26.2. The van der Waals surface area contributed by atoms with Crippen LogP contribution in [0.15, 0.2) is 58.7 Å². The van der Waals surface area contributed by atoms with Gasteiger partial charge >= 0.3 is 5.97 Å². The molecule has 11 heteroatoms. The number of sulfonamides is 1. The number of nitrogens with one attached hydrogen (secondary N) is 1. The van der Waals surface area contributed by atoms with Crippen molar-refractivity contribution in [3.63, 3.8) is 0 Å². The summed E-state index contributed by atoms with van der Waals surface area (Å²) in [6.45, 7) is 4.51. The number of amidine groups is 1. The van der Waals surface area contributed by atoms with E-state index in [0.29, 0.717) is 6.54 Å². The van der Waals surface area contributed by atoms with E-state index < -0.39 is 28.5 Å². The Kier molecular flexibility index (Phi) is 6.64. The predicted octanol–water partition coefficient (Wildman–Crippen LogP) is 1.21. The highest BCUT2D eigenvalue weighted by Gasteiger charge is 2.25. The zero-order valence-corrected chi connectivity index (χ0v) is 19.7. The van der Waals surface area contributed by atoms with Crippen molar-refractivity contribution in [2.75, 3.05) is 18.9 Å². The van der Waals surface area contributed by atoms with Gasteiger partial charge in [-0.2, -0.15) is 5.10 Å². The van der Waals surface area contributed by atoms with Crippen LogP contribution in [0, 0.1) is 13.8 Å². The van der Waals surface area contributed by atoms with Crippen molar-refractivity contribution >= 4 is 27.7 Å². The molecule has 0 atom stereocenters. The van der Waals surface area contributed by atoms with Crippen molar-refractivity contribution in [2.24, 2.45) is 4.40 Å². The second kappa shape index (κ2) is 9.64. The molecule has 0 aliphatic carbocycles. The van der Waals surface area contributed by atoms with Crippen LogP contribution in [0.5, 0.6) is 0 Å². The molecule has 1 N–H and O–H groups in total. The van der Waals surface area contributed by atoms with Crippen LogP contribution in [-0.2, 0) is 37.4 Å². The molecule has 0 unspecified atom stereocenters. The molecule has 4 rings (SSSR count). The van der Waals surface area contributed by atoms with Crippen LogP contribution < -0.4 is 5.32 Å². The molecular formula is C23H25N5O5S. The maximum atomic E-state index is 12.3. The summed E-state index contributed by atoms with van der Waals surface area (Å²) in [6.07, 6.45) is 4.33. The van der Waals surface area contributed by atoms with Gasteiger partial charge < -0.3 is 15.0 Å². The third kappa shape index (κ3) is 5.42. The van der Waals surface area contributed by atoms with Gasteiger partial charge in [0.25, 0.3) is 15.9 Å². The zero-order valence-electron chi connectivity index (χ0n) is 18.9. The molecule has 0 fully saturated rings. The number of hydrogen-bond acceptors (Lipinski definition) is 7. The second-order valence-corrected chi connectivity index (χ2v) is 9.75. The number of hydrogen-bond donors (Lipinski definition) is 1. The van der Waals surface area contributed by atoms with Gasteiger partial charge in [-0.25, -0.2) is 13.2 Å². The van der Waals surface area contributed by atoms with Gasteiger partial charge in [0.1, 0.15) is 5.84 Å². The van der Waals surface area contributed by atoms with Crippen LogP contribution in [0.3, 0.4) is 0 Å². The molecule has 2 aliphatic heterocycles. The molecular weight excluding hydrogens is 458 g/mol. The van der Waals surface area contributed by atoms with E-state index >= 15 is 0 Å². The molecule has 10 nitrogen and oxygen atoms in total. The van der Waals surface area contributed by atoms with Gasteiger partial charge in [0, 0.05) is 30.5 Å². The molecule has 1 aromatic heterocycles. The number of rotatable bonds is 7. The normalized spacial score (nSPS) is 16.4.